The number of aryl methyl sites for hydroxylation is 1. The first-order chi connectivity index (χ1) is 16.7. The fourth-order valence-corrected chi connectivity index (χ4v) is 4.36. The quantitative estimate of drug-likeness (QED) is 0.506. The van der Waals surface area contributed by atoms with Crippen molar-refractivity contribution < 1.29 is 14.3 Å². The van der Waals surface area contributed by atoms with E-state index in [1.165, 1.54) is 9.58 Å². The third kappa shape index (κ3) is 4.51. The summed E-state index contributed by atoms with van der Waals surface area (Å²) < 4.78 is 6.59. The molecule has 0 saturated carbocycles. The van der Waals surface area contributed by atoms with Crippen LogP contribution in [0.2, 0.25) is 0 Å². The molecule has 0 atom stereocenters. The lowest BCUT2D eigenvalue weighted by atomic mass is 10.0. The molecule has 1 aliphatic heterocycles. The molecule has 2 heterocycles. The van der Waals surface area contributed by atoms with Crippen LogP contribution >= 0.6 is 0 Å². The predicted molar refractivity (Wildman–Crippen MR) is 134 cm³/mol. The van der Waals surface area contributed by atoms with Crippen LogP contribution in [0.15, 0.2) is 65.1 Å². The lowest BCUT2D eigenvalue weighted by molar-refractivity contribution is -0.138. The van der Waals surface area contributed by atoms with Crippen LogP contribution in [0.5, 0.6) is 5.75 Å². The maximum absolute atomic E-state index is 13.6. The molecule has 4 rings (SSSR count). The van der Waals surface area contributed by atoms with Gasteiger partial charge in [0.2, 0.25) is 0 Å². The molecular formula is C27H30N4O4. The number of hydrogen-bond acceptors (Lipinski definition) is 5. The molecule has 0 saturated heterocycles. The number of carbonyl (C=O) groups excluding carboxylic acids is 2. The van der Waals surface area contributed by atoms with Crippen LogP contribution < -0.4 is 10.3 Å². The Morgan fingerprint density at radius 1 is 0.971 bits per heavy atom. The van der Waals surface area contributed by atoms with Gasteiger partial charge < -0.3 is 9.64 Å². The standard InChI is InChI=1S/C27H30N4O4/c1-17(2)15-30-25(32)23(24(27(30)34)29(4)16-19-9-7-6-8-10-19)22-18(3)28-31(26(22)33)20-11-13-21(35-5)14-12-20/h6-14,17,28H,15-16H2,1-5H3. The summed E-state index contributed by atoms with van der Waals surface area (Å²) in [6, 6.07) is 16.7. The van der Waals surface area contributed by atoms with E-state index in [9.17, 15) is 14.4 Å². The summed E-state index contributed by atoms with van der Waals surface area (Å²) >= 11 is 0. The lowest BCUT2D eigenvalue weighted by Gasteiger charge is -2.22. The van der Waals surface area contributed by atoms with Crippen molar-refractivity contribution in [3.05, 3.63) is 87.5 Å². The van der Waals surface area contributed by atoms with E-state index in [-0.39, 0.29) is 40.8 Å². The molecule has 0 bridgehead atoms. The molecule has 1 N–H and O–H groups in total. The number of nitrogens with one attached hydrogen (secondary N) is 1. The highest BCUT2D eigenvalue weighted by molar-refractivity contribution is 6.35. The zero-order chi connectivity index (χ0) is 25.3. The molecular weight excluding hydrogens is 444 g/mol. The molecule has 2 aromatic carbocycles. The van der Waals surface area contributed by atoms with E-state index in [1.807, 2.05) is 44.2 Å². The summed E-state index contributed by atoms with van der Waals surface area (Å²) in [6.07, 6.45) is 0. The fourth-order valence-electron chi connectivity index (χ4n) is 4.36. The van der Waals surface area contributed by atoms with E-state index >= 15 is 0 Å². The molecule has 0 aliphatic carbocycles. The number of rotatable bonds is 8. The van der Waals surface area contributed by atoms with Crippen LogP contribution in [-0.2, 0) is 16.1 Å². The first kappa shape index (κ1) is 24.1. The number of ether oxygens (including phenoxy) is 1. The van der Waals surface area contributed by atoms with Gasteiger partial charge in [-0.3, -0.25) is 24.4 Å². The first-order valence-electron chi connectivity index (χ1n) is 11.5. The highest BCUT2D eigenvalue weighted by Gasteiger charge is 2.43. The van der Waals surface area contributed by atoms with Crippen molar-refractivity contribution in [1.29, 1.82) is 0 Å². The molecule has 0 fully saturated rings. The second kappa shape index (κ2) is 9.66. The molecule has 8 nitrogen and oxygen atoms in total. The number of amides is 2. The molecule has 0 unspecified atom stereocenters. The predicted octanol–water partition coefficient (Wildman–Crippen LogP) is 3.35. The largest absolute Gasteiger partial charge is 0.497 e. The monoisotopic (exact) mass is 474 g/mol. The lowest BCUT2D eigenvalue weighted by Crippen LogP contribution is -2.36. The van der Waals surface area contributed by atoms with E-state index in [0.29, 0.717) is 23.7 Å². The van der Waals surface area contributed by atoms with Gasteiger partial charge in [0.05, 0.1) is 23.9 Å². The Hall–Kier alpha value is -4.07. The third-order valence-electron chi connectivity index (χ3n) is 5.99. The normalized spacial score (nSPS) is 13.8. The second-order valence-corrected chi connectivity index (χ2v) is 9.13. The molecule has 35 heavy (non-hydrogen) atoms. The van der Waals surface area contributed by atoms with E-state index in [2.05, 4.69) is 5.10 Å². The molecule has 182 valence electrons. The second-order valence-electron chi connectivity index (χ2n) is 9.13. The Bertz CT molecular complexity index is 1330. The topological polar surface area (TPSA) is 87.6 Å². The maximum Gasteiger partial charge on any atom is 0.279 e. The zero-order valence-corrected chi connectivity index (χ0v) is 20.7. The summed E-state index contributed by atoms with van der Waals surface area (Å²) in [6.45, 7) is 6.33. The van der Waals surface area contributed by atoms with Gasteiger partial charge >= 0.3 is 0 Å². The van der Waals surface area contributed by atoms with Crippen LogP contribution in [0.4, 0.5) is 0 Å². The van der Waals surface area contributed by atoms with Gasteiger partial charge in [-0.25, -0.2) is 4.68 Å². The summed E-state index contributed by atoms with van der Waals surface area (Å²) in [5.74, 6) is -0.0715. The minimum absolute atomic E-state index is 0.0891. The highest BCUT2D eigenvalue weighted by Crippen LogP contribution is 2.32. The highest BCUT2D eigenvalue weighted by atomic mass is 16.5. The average Bonchev–Trinajstić information content (AvgIpc) is 3.26. The molecule has 1 aliphatic rings. The Morgan fingerprint density at radius 3 is 2.23 bits per heavy atom. The smallest absolute Gasteiger partial charge is 0.279 e. The van der Waals surface area contributed by atoms with Crippen molar-refractivity contribution in [2.45, 2.75) is 27.3 Å². The average molecular weight is 475 g/mol. The molecule has 0 spiro atoms. The van der Waals surface area contributed by atoms with Crippen LogP contribution in [0.3, 0.4) is 0 Å². The number of nitrogens with zero attached hydrogens (tertiary/aromatic N) is 3. The zero-order valence-electron chi connectivity index (χ0n) is 20.7. The minimum atomic E-state index is -0.445. The molecule has 1 aromatic heterocycles. The SMILES string of the molecule is COc1ccc(-n2[nH]c(C)c(C3=C(N(C)Cc4ccccc4)C(=O)N(CC(C)C)C3=O)c2=O)cc1. The summed E-state index contributed by atoms with van der Waals surface area (Å²) in [5, 5.41) is 3.07. The van der Waals surface area contributed by atoms with Gasteiger partial charge in [-0.05, 0) is 42.7 Å². The number of imide groups is 1. The Morgan fingerprint density at radius 2 is 1.63 bits per heavy atom. The van der Waals surface area contributed by atoms with Gasteiger partial charge in [0.1, 0.15) is 11.4 Å². The molecule has 0 radical (unpaired) electrons. The molecule has 2 amide bonds. The molecule has 8 heteroatoms. The van der Waals surface area contributed by atoms with Gasteiger partial charge in [-0.2, -0.15) is 0 Å². The number of benzene rings is 2. The number of aromatic amines is 1. The van der Waals surface area contributed by atoms with E-state index in [0.717, 1.165) is 5.56 Å². The van der Waals surface area contributed by atoms with Crippen molar-refractivity contribution in [2.75, 3.05) is 20.7 Å². The van der Waals surface area contributed by atoms with Gasteiger partial charge in [0.25, 0.3) is 17.4 Å². The van der Waals surface area contributed by atoms with Gasteiger partial charge in [0.15, 0.2) is 0 Å². The Kier molecular flexibility index (Phi) is 6.64. The van der Waals surface area contributed by atoms with Crippen molar-refractivity contribution in [1.82, 2.24) is 19.6 Å². The third-order valence-corrected chi connectivity index (χ3v) is 5.99. The molecule has 3 aromatic rings. The number of aromatic nitrogens is 2. The number of hydrogen-bond donors (Lipinski definition) is 1. The van der Waals surface area contributed by atoms with E-state index in [1.54, 1.807) is 50.2 Å². The van der Waals surface area contributed by atoms with Gasteiger partial charge in [-0.15, -0.1) is 0 Å². The van der Waals surface area contributed by atoms with Crippen LogP contribution in [0.1, 0.15) is 30.7 Å². The minimum Gasteiger partial charge on any atom is -0.497 e. The van der Waals surface area contributed by atoms with Crippen LogP contribution in [0, 0.1) is 12.8 Å². The van der Waals surface area contributed by atoms with Gasteiger partial charge in [-0.1, -0.05) is 44.2 Å². The van der Waals surface area contributed by atoms with Crippen molar-refractivity contribution in [3.63, 3.8) is 0 Å². The number of H-pyrrole nitrogens is 1. The summed E-state index contributed by atoms with van der Waals surface area (Å²) in [7, 11) is 3.35. The Balaban J connectivity index is 1.84. The van der Waals surface area contributed by atoms with Crippen LogP contribution in [-0.4, -0.2) is 52.1 Å². The summed E-state index contributed by atoms with van der Waals surface area (Å²) in [5.41, 5.74) is 2.30. The van der Waals surface area contributed by atoms with E-state index in [4.69, 9.17) is 4.74 Å². The van der Waals surface area contributed by atoms with Gasteiger partial charge in [0, 0.05) is 25.8 Å². The van der Waals surface area contributed by atoms with Crippen molar-refractivity contribution in [2.24, 2.45) is 5.92 Å². The summed E-state index contributed by atoms with van der Waals surface area (Å²) in [4.78, 5) is 43.7. The number of likely N-dealkylation sites (N-methyl/N-ethyl adjacent to an activating group) is 1. The fraction of sp³-hybridized carbons (Fsp3) is 0.296. The first-order valence-corrected chi connectivity index (χ1v) is 11.5. The van der Waals surface area contributed by atoms with Crippen molar-refractivity contribution >= 4 is 17.4 Å². The maximum atomic E-state index is 13.6. The van der Waals surface area contributed by atoms with Crippen molar-refractivity contribution in [3.8, 4) is 11.4 Å². The Labute approximate surface area is 204 Å². The number of methoxy groups -OCH3 is 1. The number of carbonyl (C=O) groups is 2. The van der Waals surface area contributed by atoms with E-state index < -0.39 is 5.91 Å². The van der Waals surface area contributed by atoms with Crippen LogP contribution in [0.25, 0.3) is 11.3 Å².